The van der Waals surface area contributed by atoms with Crippen LogP contribution < -0.4 is 5.32 Å². The SMILES string of the molecule is Cc1cccnc1.O=CNc1ccc2[nH]nc(/C=C/c3cccnc3)c2c1. The lowest BCUT2D eigenvalue weighted by atomic mass is 10.1. The number of nitrogens with zero attached hydrogens (tertiary/aromatic N) is 3. The zero-order chi connectivity index (χ0) is 18.9. The van der Waals surface area contributed by atoms with E-state index in [1.165, 1.54) is 5.56 Å². The highest BCUT2D eigenvalue weighted by Crippen LogP contribution is 2.21. The van der Waals surface area contributed by atoms with Crippen LogP contribution in [0.4, 0.5) is 5.69 Å². The molecular formula is C21H19N5O. The molecule has 0 saturated heterocycles. The average molecular weight is 357 g/mol. The van der Waals surface area contributed by atoms with E-state index in [1.54, 1.807) is 18.6 Å². The van der Waals surface area contributed by atoms with Gasteiger partial charge in [-0.1, -0.05) is 18.2 Å². The first-order chi connectivity index (χ1) is 13.3. The highest BCUT2D eigenvalue weighted by atomic mass is 16.1. The number of aryl methyl sites for hydroxylation is 1. The topological polar surface area (TPSA) is 83.6 Å². The molecule has 3 heterocycles. The summed E-state index contributed by atoms with van der Waals surface area (Å²) in [4.78, 5) is 18.4. The van der Waals surface area contributed by atoms with Gasteiger partial charge >= 0.3 is 0 Å². The number of hydrogen-bond donors (Lipinski definition) is 2. The summed E-state index contributed by atoms with van der Waals surface area (Å²) in [6, 6.07) is 13.4. The maximum Gasteiger partial charge on any atom is 0.211 e. The van der Waals surface area contributed by atoms with Crippen molar-refractivity contribution in [1.29, 1.82) is 0 Å². The highest BCUT2D eigenvalue weighted by molar-refractivity contribution is 5.92. The Hall–Kier alpha value is -3.80. The molecule has 6 heteroatoms. The van der Waals surface area contributed by atoms with Crippen molar-refractivity contribution in [2.45, 2.75) is 6.92 Å². The Balaban J connectivity index is 0.000000253. The van der Waals surface area contributed by atoms with E-state index < -0.39 is 0 Å². The molecule has 3 aromatic heterocycles. The molecule has 4 aromatic rings. The number of hydrogen-bond acceptors (Lipinski definition) is 4. The molecule has 0 saturated carbocycles. The molecule has 0 spiro atoms. The molecule has 0 bridgehead atoms. The highest BCUT2D eigenvalue weighted by Gasteiger charge is 2.03. The lowest BCUT2D eigenvalue weighted by Crippen LogP contribution is -1.92. The molecule has 0 atom stereocenters. The van der Waals surface area contributed by atoms with E-state index in [-0.39, 0.29) is 0 Å². The summed E-state index contributed by atoms with van der Waals surface area (Å²) in [5, 5.41) is 10.8. The molecule has 0 aliphatic heterocycles. The Labute approximate surface area is 157 Å². The van der Waals surface area contributed by atoms with Crippen molar-refractivity contribution in [1.82, 2.24) is 20.2 Å². The Bertz CT molecular complexity index is 1030. The van der Waals surface area contributed by atoms with Crippen molar-refractivity contribution in [3.63, 3.8) is 0 Å². The number of H-pyrrole nitrogens is 1. The summed E-state index contributed by atoms with van der Waals surface area (Å²) < 4.78 is 0. The fourth-order valence-electron chi connectivity index (χ4n) is 2.42. The van der Waals surface area contributed by atoms with Gasteiger partial charge in [0.15, 0.2) is 0 Å². The Morgan fingerprint density at radius 3 is 2.44 bits per heavy atom. The van der Waals surface area contributed by atoms with Gasteiger partial charge in [0.05, 0.1) is 11.2 Å². The summed E-state index contributed by atoms with van der Waals surface area (Å²) in [6.07, 6.45) is 11.6. The molecule has 4 rings (SSSR count). The monoisotopic (exact) mass is 357 g/mol. The van der Waals surface area contributed by atoms with Crippen LogP contribution in [0.5, 0.6) is 0 Å². The number of anilines is 1. The number of nitrogens with one attached hydrogen (secondary N) is 2. The zero-order valence-corrected chi connectivity index (χ0v) is 14.8. The van der Waals surface area contributed by atoms with Crippen LogP contribution in [0.2, 0.25) is 0 Å². The van der Waals surface area contributed by atoms with Crippen LogP contribution in [0.1, 0.15) is 16.8 Å². The molecule has 0 aliphatic rings. The zero-order valence-electron chi connectivity index (χ0n) is 14.8. The quantitative estimate of drug-likeness (QED) is 0.539. The van der Waals surface area contributed by atoms with Crippen LogP contribution in [0.25, 0.3) is 23.1 Å². The summed E-state index contributed by atoms with van der Waals surface area (Å²) in [7, 11) is 0. The molecule has 134 valence electrons. The minimum atomic E-state index is 0.659. The molecule has 6 nitrogen and oxygen atoms in total. The molecule has 2 N–H and O–H groups in total. The molecular weight excluding hydrogens is 338 g/mol. The van der Waals surface area contributed by atoms with Crippen LogP contribution in [-0.4, -0.2) is 26.6 Å². The third-order valence-corrected chi connectivity index (χ3v) is 3.75. The van der Waals surface area contributed by atoms with E-state index in [0.717, 1.165) is 27.8 Å². The van der Waals surface area contributed by atoms with E-state index in [0.29, 0.717) is 6.41 Å². The third-order valence-electron chi connectivity index (χ3n) is 3.75. The van der Waals surface area contributed by atoms with Gasteiger partial charge in [-0.15, -0.1) is 0 Å². The third kappa shape index (κ3) is 5.09. The van der Waals surface area contributed by atoms with Crippen LogP contribution in [0.3, 0.4) is 0 Å². The molecule has 1 aromatic carbocycles. The number of pyridine rings is 2. The minimum Gasteiger partial charge on any atom is -0.329 e. The van der Waals surface area contributed by atoms with Crippen molar-refractivity contribution in [3.05, 3.63) is 84.1 Å². The predicted octanol–water partition coefficient (Wildman–Crippen LogP) is 4.09. The largest absolute Gasteiger partial charge is 0.329 e. The van der Waals surface area contributed by atoms with Crippen LogP contribution in [0, 0.1) is 6.92 Å². The lowest BCUT2D eigenvalue weighted by Gasteiger charge is -1.98. The average Bonchev–Trinajstić information content (AvgIpc) is 3.11. The van der Waals surface area contributed by atoms with Crippen molar-refractivity contribution in [2.24, 2.45) is 0 Å². The first kappa shape index (κ1) is 18.0. The van der Waals surface area contributed by atoms with Crippen molar-refractivity contribution >= 4 is 35.2 Å². The van der Waals surface area contributed by atoms with E-state index in [4.69, 9.17) is 0 Å². The molecule has 1 amide bonds. The smallest absolute Gasteiger partial charge is 0.211 e. The summed E-state index contributed by atoms with van der Waals surface area (Å²) in [5.41, 5.74) is 4.70. The van der Waals surface area contributed by atoms with Gasteiger partial charge in [-0.25, -0.2) is 0 Å². The van der Waals surface area contributed by atoms with Crippen LogP contribution in [-0.2, 0) is 4.79 Å². The van der Waals surface area contributed by atoms with Gasteiger partial charge in [0.25, 0.3) is 0 Å². The number of aromatic amines is 1. The van der Waals surface area contributed by atoms with E-state index >= 15 is 0 Å². The van der Waals surface area contributed by atoms with Gasteiger partial charge in [0, 0.05) is 35.9 Å². The van der Waals surface area contributed by atoms with Gasteiger partial charge in [0.1, 0.15) is 0 Å². The lowest BCUT2D eigenvalue weighted by molar-refractivity contribution is -0.105. The van der Waals surface area contributed by atoms with Crippen molar-refractivity contribution < 1.29 is 4.79 Å². The standard InChI is InChI=1S/C15H12N4O.C6H7N/c20-10-17-12-4-6-15-13(8-12)14(18-19-15)5-3-11-2-1-7-16-9-11;1-6-3-2-4-7-5-6/h1-10H,(H,17,20)(H,18,19);2-5H,1H3/b5-3+;. The normalized spacial score (nSPS) is 10.4. The van der Waals surface area contributed by atoms with Crippen molar-refractivity contribution in [3.8, 4) is 0 Å². The number of aromatic nitrogens is 4. The maximum absolute atomic E-state index is 10.5. The molecule has 0 aliphatic carbocycles. The summed E-state index contributed by atoms with van der Waals surface area (Å²) in [6.45, 7) is 2.02. The molecule has 0 unspecified atom stereocenters. The Morgan fingerprint density at radius 2 is 1.81 bits per heavy atom. The maximum atomic E-state index is 10.5. The van der Waals surface area contributed by atoms with Gasteiger partial charge in [-0.05, 0) is 54.5 Å². The van der Waals surface area contributed by atoms with E-state index in [9.17, 15) is 4.79 Å². The minimum absolute atomic E-state index is 0.659. The van der Waals surface area contributed by atoms with Crippen molar-refractivity contribution in [2.75, 3.05) is 5.32 Å². The van der Waals surface area contributed by atoms with E-state index in [1.807, 2.05) is 67.7 Å². The predicted molar refractivity (Wildman–Crippen MR) is 108 cm³/mol. The number of carbonyl (C=O) groups excluding carboxylic acids is 1. The molecule has 0 radical (unpaired) electrons. The van der Waals surface area contributed by atoms with Gasteiger partial charge < -0.3 is 5.32 Å². The second-order valence-corrected chi connectivity index (χ2v) is 5.78. The Morgan fingerprint density at radius 1 is 1.00 bits per heavy atom. The van der Waals surface area contributed by atoms with Crippen LogP contribution >= 0.6 is 0 Å². The van der Waals surface area contributed by atoms with Gasteiger partial charge in [-0.3, -0.25) is 19.9 Å². The van der Waals surface area contributed by atoms with E-state index in [2.05, 4.69) is 25.5 Å². The van der Waals surface area contributed by atoms with Gasteiger partial charge in [0.2, 0.25) is 6.41 Å². The molecule has 0 fully saturated rings. The number of benzene rings is 1. The fraction of sp³-hybridized carbons (Fsp3) is 0.0476. The second kappa shape index (κ2) is 9.05. The molecule has 27 heavy (non-hydrogen) atoms. The summed E-state index contributed by atoms with van der Waals surface area (Å²) in [5.74, 6) is 0. The number of fused-ring (bicyclic) bond motifs is 1. The first-order valence-corrected chi connectivity index (χ1v) is 8.39. The fourth-order valence-corrected chi connectivity index (χ4v) is 2.42. The second-order valence-electron chi connectivity index (χ2n) is 5.78. The summed E-state index contributed by atoms with van der Waals surface area (Å²) >= 11 is 0. The van der Waals surface area contributed by atoms with Gasteiger partial charge in [-0.2, -0.15) is 5.10 Å². The number of amides is 1. The number of carbonyl (C=O) groups is 1. The number of rotatable bonds is 4. The van der Waals surface area contributed by atoms with Crippen LogP contribution in [0.15, 0.2) is 67.3 Å². The Kier molecular flexibility index (Phi) is 6.04. The first-order valence-electron chi connectivity index (χ1n) is 8.39.